The number of hydrogen-bond donors (Lipinski definition) is 1. The maximum atomic E-state index is 14.3. The minimum absolute atomic E-state index is 0.00796. The van der Waals surface area contributed by atoms with E-state index in [1.54, 1.807) is 54.6 Å². The van der Waals surface area contributed by atoms with E-state index in [-0.39, 0.29) is 34.1 Å². The number of para-hydroxylation sites is 1. The number of hydrogen-bond acceptors (Lipinski definition) is 4. The number of nitrogens with zero attached hydrogens (tertiary/aromatic N) is 2. The first-order chi connectivity index (χ1) is 20.5. The van der Waals surface area contributed by atoms with Gasteiger partial charge in [-0.2, -0.15) is 0 Å². The highest BCUT2D eigenvalue weighted by atomic mass is 35.5. The summed E-state index contributed by atoms with van der Waals surface area (Å²) in [4.78, 5) is 29.4. The van der Waals surface area contributed by atoms with Crippen molar-refractivity contribution in [3.63, 3.8) is 0 Å². The van der Waals surface area contributed by atoms with Gasteiger partial charge < -0.3 is 10.2 Å². The van der Waals surface area contributed by atoms with Crippen LogP contribution < -0.4 is 9.62 Å². The molecular weight excluding hydrogens is 629 g/mol. The van der Waals surface area contributed by atoms with Crippen LogP contribution in [0.15, 0.2) is 71.6 Å². The van der Waals surface area contributed by atoms with Gasteiger partial charge in [0, 0.05) is 28.2 Å². The molecule has 1 fully saturated rings. The molecule has 0 unspecified atom stereocenters. The smallest absolute Gasteiger partial charge is 0.264 e. The summed E-state index contributed by atoms with van der Waals surface area (Å²) in [5.74, 6) is -0.895. The Morgan fingerprint density at radius 3 is 2.09 bits per heavy atom. The van der Waals surface area contributed by atoms with Crippen molar-refractivity contribution in [2.24, 2.45) is 0 Å². The van der Waals surface area contributed by atoms with E-state index in [2.05, 4.69) is 5.32 Å². The monoisotopic (exact) mass is 663 g/mol. The highest BCUT2D eigenvalue weighted by Crippen LogP contribution is 2.32. The van der Waals surface area contributed by atoms with E-state index >= 15 is 0 Å². The minimum atomic E-state index is -4.24. The molecule has 230 valence electrons. The first-order valence-electron chi connectivity index (χ1n) is 14.4. The zero-order valence-corrected chi connectivity index (χ0v) is 27.3. The minimum Gasteiger partial charge on any atom is -0.352 e. The predicted octanol–water partition coefficient (Wildman–Crippen LogP) is 7.41. The number of rotatable bonds is 11. The number of halogens is 3. The second-order valence-corrected chi connectivity index (χ2v) is 13.8. The van der Waals surface area contributed by atoms with Gasteiger partial charge in [0.15, 0.2) is 0 Å². The Hall–Kier alpha value is -2.78. The molecule has 43 heavy (non-hydrogen) atoms. The van der Waals surface area contributed by atoms with E-state index in [9.17, 15) is 18.0 Å². The lowest BCUT2D eigenvalue weighted by Gasteiger charge is -2.35. The van der Waals surface area contributed by atoms with Crippen molar-refractivity contribution in [1.29, 1.82) is 0 Å². The molecule has 0 aliphatic heterocycles. The summed E-state index contributed by atoms with van der Waals surface area (Å²) in [5, 5.41) is 3.96. The van der Waals surface area contributed by atoms with Crippen LogP contribution in [0.3, 0.4) is 0 Å². The number of benzene rings is 3. The van der Waals surface area contributed by atoms with Gasteiger partial charge in [0.1, 0.15) is 12.6 Å². The van der Waals surface area contributed by atoms with Gasteiger partial charge in [-0.05, 0) is 62.6 Å². The van der Waals surface area contributed by atoms with Crippen LogP contribution in [-0.2, 0) is 26.2 Å². The molecule has 3 aromatic carbocycles. The van der Waals surface area contributed by atoms with Crippen LogP contribution in [0.1, 0.15) is 56.6 Å². The molecule has 1 saturated carbocycles. The van der Waals surface area contributed by atoms with Crippen molar-refractivity contribution in [3.05, 3.63) is 92.9 Å². The summed E-state index contributed by atoms with van der Waals surface area (Å²) in [5.41, 5.74) is 1.50. The van der Waals surface area contributed by atoms with Crippen molar-refractivity contribution in [2.75, 3.05) is 10.8 Å². The molecule has 3 aromatic rings. The van der Waals surface area contributed by atoms with Crippen LogP contribution in [0.2, 0.25) is 15.1 Å². The summed E-state index contributed by atoms with van der Waals surface area (Å²) in [6.07, 6.45) is 5.24. The normalized spacial score (nSPS) is 14.6. The number of sulfonamides is 1. The van der Waals surface area contributed by atoms with Crippen molar-refractivity contribution in [2.45, 2.75) is 75.9 Å². The Kier molecular flexibility index (Phi) is 11.4. The van der Waals surface area contributed by atoms with Crippen LogP contribution in [0.4, 0.5) is 5.69 Å². The van der Waals surface area contributed by atoms with Gasteiger partial charge in [0.05, 0.1) is 15.6 Å². The number of amides is 2. The van der Waals surface area contributed by atoms with Gasteiger partial charge in [-0.15, -0.1) is 0 Å². The number of anilines is 1. The van der Waals surface area contributed by atoms with Crippen molar-refractivity contribution in [1.82, 2.24) is 10.2 Å². The quantitative estimate of drug-likeness (QED) is 0.231. The Labute approximate surface area is 269 Å². The molecule has 2 amide bonds. The molecule has 7 nitrogen and oxygen atoms in total. The largest absolute Gasteiger partial charge is 0.352 e. The highest BCUT2D eigenvalue weighted by Gasteiger charge is 2.35. The van der Waals surface area contributed by atoms with Crippen LogP contribution in [0.5, 0.6) is 0 Å². The average Bonchev–Trinajstić information content (AvgIpc) is 2.98. The number of aryl methyl sites for hydroxylation is 1. The molecule has 1 aliphatic carbocycles. The molecule has 0 aromatic heterocycles. The van der Waals surface area contributed by atoms with Crippen molar-refractivity contribution in [3.8, 4) is 0 Å². The topological polar surface area (TPSA) is 86.8 Å². The lowest BCUT2D eigenvalue weighted by atomic mass is 9.95. The van der Waals surface area contributed by atoms with Gasteiger partial charge in [0.2, 0.25) is 11.8 Å². The molecular formula is C32H36Cl3N3O4S. The standard InChI is InChI=1S/C32H36Cl3N3O4S/c1-3-29(32(40)36-23-10-5-4-6-11-23)37(20-25-26(33)13-9-14-27(25)34)31(39)21-38(30-15-8-7-12-28(30)35)43(41,42)24-18-16-22(2)17-19-24/h7-9,12-19,23,29H,3-6,10-11,20-21H2,1-2H3,(H,36,40)/t29-/m0/s1. The van der Waals surface area contributed by atoms with Gasteiger partial charge in [-0.3, -0.25) is 13.9 Å². The third kappa shape index (κ3) is 8.04. The number of nitrogens with one attached hydrogen (secondary N) is 1. The summed E-state index contributed by atoms with van der Waals surface area (Å²) >= 11 is 19.5. The molecule has 11 heteroatoms. The van der Waals surface area contributed by atoms with Gasteiger partial charge in [-0.1, -0.05) is 96.9 Å². The average molecular weight is 665 g/mol. The van der Waals surface area contributed by atoms with E-state index in [1.807, 2.05) is 13.8 Å². The van der Waals surface area contributed by atoms with E-state index < -0.39 is 28.5 Å². The summed E-state index contributed by atoms with van der Waals surface area (Å²) < 4.78 is 29.1. The zero-order valence-electron chi connectivity index (χ0n) is 24.2. The lowest BCUT2D eigenvalue weighted by Crippen LogP contribution is -2.54. The van der Waals surface area contributed by atoms with Crippen LogP contribution in [0, 0.1) is 6.92 Å². The lowest BCUT2D eigenvalue weighted by molar-refractivity contribution is -0.140. The van der Waals surface area contributed by atoms with E-state index in [0.717, 1.165) is 42.0 Å². The van der Waals surface area contributed by atoms with Crippen LogP contribution in [-0.4, -0.2) is 43.8 Å². The summed E-state index contributed by atoms with van der Waals surface area (Å²) in [6.45, 7) is 2.98. The van der Waals surface area contributed by atoms with Crippen molar-refractivity contribution >= 4 is 62.3 Å². The zero-order chi connectivity index (χ0) is 31.1. The van der Waals surface area contributed by atoms with Crippen molar-refractivity contribution < 1.29 is 18.0 Å². The first-order valence-corrected chi connectivity index (χ1v) is 17.0. The van der Waals surface area contributed by atoms with Gasteiger partial charge >= 0.3 is 0 Å². The summed E-state index contributed by atoms with van der Waals surface area (Å²) in [6, 6.07) is 16.9. The fourth-order valence-electron chi connectivity index (χ4n) is 5.32. The molecule has 0 bridgehead atoms. The Morgan fingerprint density at radius 1 is 0.884 bits per heavy atom. The Balaban J connectivity index is 1.75. The van der Waals surface area contributed by atoms with Crippen LogP contribution in [0.25, 0.3) is 0 Å². The third-order valence-electron chi connectivity index (χ3n) is 7.74. The van der Waals surface area contributed by atoms with E-state index in [4.69, 9.17) is 34.8 Å². The summed E-state index contributed by atoms with van der Waals surface area (Å²) in [7, 11) is -4.24. The third-order valence-corrected chi connectivity index (χ3v) is 10.5. The Morgan fingerprint density at radius 2 is 1.49 bits per heavy atom. The Bertz CT molecular complexity index is 1520. The first kappa shape index (κ1) is 33.1. The molecule has 1 N–H and O–H groups in total. The van der Waals surface area contributed by atoms with E-state index in [0.29, 0.717) is 22.0 Å². The number of carbonyl (C=O) groups is 2. The fourth-order valence-corrected chi connectivity index (χ4v) is 7.56. The number of carbonyl (C=O) groups excluding carboxylic acids is 2. The molecule has 4 rings (SSSR count). The maximum Gasteiger partial charge on any atom is 0.264 e. The molecule has 0 saturated heterocycles. The van der Waals surface area contributed by atoms with Crippen LogP contribution >= 0.6 is 34.8 Å². The fraction of sp³-hybridized carbons (Fsp3) is 0.375. The molecule has 1 aliphatic rings. The predicted molar refractivity (Wildman–Crippen MR) is 173 cm³/mol. The second-order valence-electron chi connectivity index (χ2n) is 10.8. The maximum absolute atomic E-state index is 14.3. The van der Waals surface area contributed by atoms with Gasteiger partial charge in [-0.25, -0.2) is 8.42 Å². The molecule has 1 atom stereocenters. The molecule has 0 heterocycles. The van der Waals surface area contributed by atoms with Gasteiger partial charge in [0.25, 0.3) is 10.0 Å². The second kappa shape index (κ2) is 14.8. The highest BCUT2D eigenvalue weighted by molar-refractivity contribution is 7.92. The molecule has 0 radical (unpaired) electrons. The van der Waals surface area contributed by atoms with E-state index in [1.165, 1.54) is 17.0 Å². The SMILES string of the molecule is CC[C@@H](C(=O)NC1CCCCC1)N(Cc1c(Cl)cccc1Cl)C(=O)CN(c1ccccc1Cl)S(=O)(=O)c1ccc(C)cc1. The molecule has 0 spiro atoms.